The molecule has 0 bridgehead atoms. The number of hydrogen-bond acceptors (Lipinski definition) is 6. The number of rotatable bonds is 7. The van der Waals surface area contributed by atoms with Gasteiger partial charge in [0.2, 0.25) is 0 Å². The number of esters is 1. The molecule has 1 aliphatic carbocycles. The van der Waals surface area contributed by atoms with E-state index in [0.717, 1.165) is 5.70 Å². The molecular formula is C25H25Cl2NO4S. The number of hydrogen-bond donors (Lipinski definition) is 1. The zero-order valence-electron chi connectivity index (χ0n) is 18.5. The van der Waals surface area contributed by atoms with Gasteiger partial charge in [-0.1, -0.05) is 41.4 Å². The summed E-state index contributed by atoms with van der Waals surface area (Å²) in [5.74, 6) is -1.05. The van der Waals surface area contributed by atoms with Crippen LogP contribution in [0.15, 0.2) is 58.3 Å². The molecule has 1 N–H and O–H groups in total. The normalized spacial score (nSPS) is 20.5. The Morgan fingerprint density at radius 2 is 2.00 bits per heavy atom. The van der Waals surface area contributed by atoms with Gasteiger partial charge in [-0.3, -0.25) is 4.79 Å². The molecule has 8 heteroatoms. The van der Waals surface area contributed by atoms with Gasteiger partial charge in [0.15, 0.2) is 5.78 Å². The molecule has 0 radical (unpaired) electrons. The minimum absolute atomic E-state index is 0.00434. The monoisotopic (exact) mass is 505 g/mol. The molecule has 2 aromatic rings. The third-order valence-electron chi connectivity index (χ3n) is 5.95. The number of carbonyl (C=O) groups is 2. The van der Waals surface area contributed by atoms with E-state index >= 15 is 0 Å². The number of ether oxygens (including phenoxy) is 2. The van der Waals surface area contributed by atoms with Crippen LogP contribution in [0.25, 0.3) is 0 Å². The van der Waals surface area contributed by atoms with E-state index < -0.39 is 11.9 Å². The maximum Gasteiger partial charge on any atom is 0.336 e. The van der Waals surface area contributed by atoms with Gasteiger partial charge in [-0.05, 0) is 43.3 Å². The zero-order valence-corrected chi connectivity index (χ0v) is 20.8. The van der Waals surface area contributed by atoms with Crippen molar-refractivity contribution in [1.29, 1.82) is 0 Å². The van der Waals surface area contributed by atoms with Gasteiger partial charge < -0.3 is 14.8 Å². The second kappa shape index (κ2) is 10.4. The van der Waals surface area contributed by atoms with E-state index in [4.69, 9.17) is 32.7 Å². The largest absolute Gasteiger partial charge is 0.460 e. The lowest BCUT2D eigenvalue weighted by atomic mass is 9.72. The summed E-state index contributed by atoms with van der Waals surface area (Å²) in [5.41, 5.74) is 3.04. The minimum atomic E-state index is -0.649. The Balaban J connectivity index is 1.76. The lowest BCUT2D eigenvalue weighted by molar-refractivity contribution is -0.140. The molecular weight excluding hydrogens is 481 g/mol. The average Bonchev–Trinajstić information content (AvgIpc) is 3.32. The topological polar surface area (TPSA) is 64.6 Å². The molecule has 0 fully saturated rings. The molecule has 5 nitrogen and oxygen atoms in total. The highest BCUT2D eigenvalue weighted by molar-refractivity contribution is 7.10. The highest BCUT2D eigenvalue weighted by Gasteiger charge is 2.42. The number of dihydropyridines is 1. The number of benzene rings is 1. The Morgan fingerprint density at radius 1 is 1.18 bits per heavy atom. The van der Waals surface area contributed by atoms with Crippen LogP contribution in [-0.2, 0) is 19.1 Å². The van der Waals surface area contributed by atoms with Gasteiger partial charge in [-0.25, -0.2) is 4.79 Å². The Bertz CT molecular complexity index is 1120. The Hall–Kier alpha value is -2.12. The summed E-state index contributed by atoms with van der Waals surface area (Å²) in [5, 5.41) is 6.07. The van der Waals surface area contributed by atoms with E-state index in [1.165, 1.54) is 4.88 Å². The van der Waals surface area contributed by atoms with E-state index in [1.807, 2.05) is 31.4 Å². The quantitative estimate of drug-likeness (QED) is 0.369. The third-order valence-corrected chi connectivity index (χ3v) is 7.82. The van der Waals surface area contributed by atoms with Gasteiger partial charge >= 0.3 is 5.97 Å². The van der Waals surface area contributed by atoms with Crippen molar-refractivity contribution in [2.45, 2.75) is 38.5 Å². The van der Waals surface area contributed by atoms with Crippen molar-refractivity contribution < 1.29 is 19.1 Å². The van der Waals surface area contributed by atoms with Crippen LogP contribution in [0.4, 0.5) is 0 Å². The first kappa shape index (κ1) is 24.0. The number of halogens is 2. The first-order valence-electron chi connectivity index (χ1n) is 10.9. The van der Waals surface area contributed by atoms with Gasteiger partial charge in [-0.2, -0.15) is 0 Å². The Morgan fingerprint density at radius 3 is 2.73 bits per heavy atom. The molecule has 2 heterocycles. The van der Waals surface area contributed by atoms with Crippen molar-refractivity contribution >= 4 is 46.3 Å². The standard InChI is InChI=1S/C25H25Cl2NO4S/c1-3-31-9-10-32-25(30)21-14(2)28-18-12-15(20-8-5-11-33-20)13-19(29)23(18)22(21)16-6-4-7-17(26)24(16)27/h4-8,11,15,22,28H,3,9-10,12-13H2,1-2H3/t15-,22-/m1/s1. The fourth-order valence-corrected chi connectivity index (χ4v) is 5.75. The molecule has 1 aromatic carbocycles. The van der Waals surface area contributed by atoms with Crippen molar-refractivity contribution in [2.75, 3.05) is 19.8 Å². The number of thiophene rings is 1. The van der Waals surface area contributed by atoms with E-state index in [-0.39, 0.29) is 18.3 Å². The molecule has 1 aliphatic heterocycles. The number of ketones is 1. The van der Waals surface area contributed by atoms with E-state index in [2.05, 4.69) is 11.4 Å². The summed E-state index contributed by atoms with van der Waals surface area (Å²) in [6.45, 7) is 4.67. The van der Waals surface area contributed by atoms with Crippen LogP contribution >= 0.6 is 34.5 Å². The summed E-state index contributed by atoms with van der Waals surface area (Å²) in [7, 11) is 0. The summed E-state index contributed by atoms with van der Waals surface area (Å²) in [6.07, 6.45) is 1.06. The maximum absolute atomic E-state index is 13.5. The van der Waals surface area contributed by atoms with Crippen molar-refractivity contribution in [2.24, 2.45) is 0 Å². The van der Waals surface area contributed by atoms with Crippen molar-refractivity contribution in [3.05, 3.63) is 78.7 Å². The minimum Gasteiger partial charge on any atom is -0.460 e. The molecule has 0 saturated heterocycles. The predicted octanol–water partition coefficient (Wildman–Crippen LogP) is 6.00. The summed E-state index contributed by atoms with van der Waals surface area (Å²) >= 11 is 14.6. The number of allylic oxidation sites excluding steroid dienone is 3. The zero-order chi connectivity index (χ0) is 23.5. The lowest BCUT2D eigenvalue weighted by Crippen LogP contribution is -2.36. The highest BCUT2D eigenvalue weighted by Crippen LogP contribution is 2.48. The molecule has 2 aliphatic rings. The number of Topliss-reactive ketones (excluding diaryl/α,β-unsaturated/α-hetero) is 1. The van der Waals surface area contributed by atoms with Crippen molar-refractivity contribution in [3.8, 4) is 0 Å². The first-order valence-corrected chi connectivity index (χ1v) is 12.5. The fraction of sp³-hybridized carbons (Fsp3) is 0.360. The number of nitrogens with one attached hydrogen (secondary N) is 1. The molecule has 2 atom stereocenters. The van der Waals surface area contributed by atoms with E-state index in [9.17, 15) is 9.59 Å². The summed E-state index contributed by atoms with van der Waals surface area (Å²) in [6, 6.07) is 9.34. The second-order valence-electron chi connectivity index (χ2n) is 8.01. The second-order valence-corrected chi connectivity index (χ2v) is 9.77. The molecule has 0 spiro atoms. The molecule has 33 heavy (non-hydrogen) atoms. The summed E-state index contributed by atoms with van der Waals surface area (Å²) < 4.78 is 10.8. The van der Waals surface area contributed by atoms with Gasteiger partial charge in [0.05, 0.1) is 22.2 Å². The first-order chi connectivity index (χ1) is 15.9. The Kier molecular flexibility index (Phi) is 7.59. The van der Waals surface area contributed by atoms with Crippen LogP contribution in [0.3, 0.4) is 0 Å². The molecule has 4 rings (SSSR count). The van der Waals surface area contributed by atoms with E-state index in [1.54, 1.807) is 23.5 Å². The van der Waals surface area contributed by atoms with Gasteiger partial charge in [-0.15, -0.1) is 11.3 Å². The highest BCUT2D eigenvalue weighted by atomic mass is 35.5. The third kappa shape index (κ3) is 4.90. The summed E-state index contributed by atoms with van der Waals surface area (Å²) in [4.78, 5) is 27.9. The molecule has 0 amide bonds. The molecule has 0 saturated carbocycles. The van der Waals surface area contributed by atoms with Crippen LogP contribution in [-0.4, -0.2) is 31.6 Å². The SMILES string of the molecule is CCOCCOC(=O)C1=C(C)NC2=C(C(=O)C[C@H](c3cccs3)C2)[C@@H]1c1cccc(Cl)c1Cl. The predicted molar refractivity (Wildman–Crippen MR) is 131 cm³/mol. The smallest absolute Gasteiger partial charge is 0.336 e. The van der Waals surface area contributed by atoms with Crippen molar-refractivity contribution in [1.82, 2.24) is 5.32 Å². The van der Waals surface area contributed by atoms with Gasteiger partial charge in [0, 0.05) is 46.7 Å². The van der Waals surface area contributed by atoms with Gasteiger partial charge in [0.25, 0.3) is 0 Å². The molecule has 0 unspecified atom stereocenters. The fourth-order valence-electron chi connectivity index (χ4n) is 4.50. The van der Waals surface area contributed by atoms with Crippen LogP contribution in [0.1, 0.15) is 49.0 Å². The Labute approximate surface area is 207 Å². The lowest BCUT2D eigenvalue weighted by Gasteiger charge is -2.36. The van der Waals surface area contributed by atoms with Crippen LogP contribution in [0.2, 0.25) is 10.0 Å². The van der Waals surface area contributed by atoms with Crippen molar-refractivity contribution in [3.63, 3.8) is 0 Å². The van der Waals surface area contributed by atoms with Gasteiger partial charge in [0.1, 0.15) is 6.61 Å². The van der Waals surface area contributed by atoms with Crippen LogP contribution < -0.4 is 5.32 Å². The van der Waals surface area contributed by atoms with E-state index in [0.29, 0.717) is 58.5 Å². The molecule has 1 aromatic heterocycles. The van der Waals surface area contributed by atoms with Crippen LogP contribution in [0.5, 0.6) is 0 Å². The van der Waals surface area contributed by atoms with Crippen LogP contribution in [0, 0.1) is 0 Å². The number of carbonyl (C=O) groups excluding carboxylic acids is 2. The maximum atomic E-state index is 13.5. The molecule has 174 valence electrons. The average molecular weight is 506 g/mol.